The molecule has 3 heteroatoms. The van der Waals surface area contributed by atoms with Crippen LogP contribution in [0.5, 0.6) is 0 Å². The van der Waals surface area contributed by atoms with E-state index in [0.717, 1.165) is 5.56 Å². The Morgan fingerprint density at radius 2 is 1.82 bits per heavy atom. The molecule has 0 aliphatic carbocycles. The molecule has 0 radical (unpaired) electrons. The minimum absolute atomic E-state index is 0. The van der Waals surface area contributed by atoms with E-state index >= 15 is 0 Å². The highest BCUT2D eigenvalue weighted by atomic mass is 35.5. The van der Waals surface area contributed by atoms with Gasteiger partial charge in [-0.2, -0.15) is 5.26 Å². The van der Waals surface area contributed by atoms with E-state index in [9.17, 15) is 0 Å². The molecule has 0 amide bonds. The predicted molar refractivity (Wildman–Crippen MR) is 37.7 cm³/mol. The van der Waals surface area contributed by atoms with E-state index in [1.807, 2.05) is 30.3 Å². The van der Waals surface area contributed by atoms with Crippen LogP contribution in [-0.4, -0.2) is 0 Å². The topological polar surface area (TPSA) is 51.4 Å². The van der Waals surface area contributed by atoms with E-state index in [-0.39, 0.29) is 18.4 Å². The van der Waals surface area contributed by atoms with Gasteiger partial charge in [0.2, 0.25) is 0 Å². The quantitative estimate of drug-likeness (QED) is 0.495. The maximum Gasteiger partial charge on any atom is 0.197 e. The molecule has 1 rings (SSSR count). The molecule has 0 saturated heterocycles. The Labute approximate surface area is 72.0 Å². The summed E-state index contributed by atoms with van der Waals surface area (Å²) in [6.07, 6.45) is 0. The van der Waals surface area contributed by atoms with Crippen molar-refractivity contribution >= 4 is 0 Å². The van der Waals surface area contributed by atoms with Crippen molar-refractivity contribution in [1.82, 2.24) is 0 Å². The molecule has 11 heavy (non-hydrogen) atoms. The second kappa shape index (κ2) is 4.73. The molecule has 2 nitrogen and oxygen atoms in total. The minimum Gasteiger partial charge on any atom is -1.00 e. The van der Waals surface area contributed by atoms with E-state index < -0.39 is 0 Å². The molecular weight excluding hydrogens is 160 g/mol. The number of hydrogen-bond acceptors (Lipinski definition) is 1. The van der Waals surface area contributed by atoms with E-state index in [1.54, 1.807) is 0 Å². The summed E-state index contributed by atoms with van der Waals surface area (Å²) in [7, 11) is 0. The number of nitrogens with zero attached hydrogens (tertiary/aromatic N) is 1. The molecule has 0 aromatic heterocycles. The molecule has 0 bridgehead atoms. The Hall–Kier alpha value is -1.04. The van der Waals surface area contributed by atoms with Crippen LogP contribution in [0.1, 0.15) is 11.6 Å². The Bertz CT molecular complexity index is 240. The monoisotopic (exact) mass is 168 g/mol. The van der Waals surface area contributed by atoms with Gasteiger partial charge in [0, 0.05) is 5.56 Å². The summed E-state index contributed by atoms with van der Waals surface area (Å²) in [6, 6.07) is 11.4. The highest BCUT2D eigenvalue weighted by molar-refractivity contribution is 5.20. The van der Waals surface area contributed by atoms with Crippen LogP contribution >= 0.6 is 0 Å². The molecule has 1 aromatic carbocycles. The van der Waals surface area contributed by atoms with Crippen molar-refractivity contribution in [2.45, 2.75) is 6.04 Å². The number of rotatable bonds is 1. The summed E-state index contributed by atoms with van der Waals surface area (Å²) >= 11 is 0. The average molecular weight is 169 g/mol. The first-order chi connectivity index (χ1) is 4.84. The third-order valence-electron chi connectivity index (χ3n) is 1.36. The second-order valence-corrected chi connectivity index (χ2v) is 2.09. The molecule has 0 saturated carbocycles. The van der Waals surface area contributed by atoms with Crippen molar-refractivity contribution in [3.05, 3.63) is 35.9 Å². The Morgan fingerprint density at radius 1 is 1.27 bits per heavy atom. The van der Waals surface area contributed by atoms with Crippen LogP contribution < -0.4 is 18.1 Å². The summed E-state index contributed by atoms with van der Waals surface area (Å²) in [5.41, 5.74) is 4.64. The van der Waals surface area contributed by atoms with Gasteiger partial charge in [0.05, 0.1) is 0 Å². The Kier molecular flexibility index (Phi) is 4.28. The number of quaternary nitrogens is 1. The molecule has 1 unspecified atom stereocenters. The van der Waals surface area contributed by atoms with Gasteiger partial charge >= 0.3 is 0 Å². The number of benzene rings is 1. The van der Waals surface area contributed by atoms with E-state index in [2.05, 4.69) is 11.8 Å². The molecular formula is C8H9ClN2. The average Bonchev–Trinajstić information content (AvgIpc) is 2.05. The third kappa shape index (κ3) is 2.58. The molecule has 1 atom stereocenters. The zero-order valence-corrected chi connectivity index (χ0v) is 6.75. The van der Waals surface area contributed by atoms with Gasteiger partial charge in [0.25, 0.3) is 0 Å². The first-order valence-electron chi connectivity index (χ1n) is 3.12. The van der Waals surface area contributed by atoms with E-state index in [0.29, 0.717) is 0 Å². The van der Waals surface area contributed by atoms with Gasteiger partial charge in [-0.3, -0.25) is 0 Å². The van der Waals surface area contributed by atoms with Crippen molar-refractivity contribution < 1.29 is 18.1 Å². The minimum atomic E-state index is -0.235. The van der Waals surface area contributed by atoms with Gasteiger partial charge in [-0.15, -0.1) is 0 Å². The molecule has 0 spiro atoms. The van der Waals surface area contributed by atoms with Crippen LogP contribution in [0, 0.1) is 11.3 Å². The maximum absolute atomic E-state index is 8.48. The lowest BCUT2D eigenvalue weighted by atomic mass is 10.1. The van der Waals surface area contributed by atoms with Gasteiger partial charge in [-0.1, -0.05) is 30.3 Å². The van der Waals surface area contributed by atoms with Crippen LogP contribution in [0.4, 0.5) is 0 Å². The van der Waals surface area contributed by atoms with Gasteiger partial charge in [-0.25, -0.2) is 0 Å². The smallest absolute Gasteiger partial charge is 0.197 e. The van der Waals surface area contributed by atoms with Crippen molar-refractivity contribution in [1.29, 1.82) is 5.26 Å². The fourth-order valence-electron chi connectivity index (χ4n) is 0.760. The largest absolute Gasteiger partial charge is 1.00 e. The number of halogens is 1. The van der Waals surface area contributed by atoms with Crippen molar-refractivity contribution in [2.24, 2.45) is 0 Å². The zero-order chi connectivity index (χ0) is 7.40. The van der Waals surface area contributed by atoms with Gasteiger partial charge < -0.3 is 18.1 Å². The van der Waals surface area contributed by atoms with E-state index in [1.165, 1.54) is 0 Å². The van der Waals surface area contributed by atoms with E-state index in [4.69, 9.17) is 5.26 Å². The molecule has 58 valence electrons. The molecule has 0 fully saturated rings. The maximum atomic E-state index is 8.48. The number of hydrogen-bond donors (Lipinski definition) is 1. The first kappa shape index (κ1) is 9.96. The summed E-state index contributed by atoms with van der Waals surface area (Å²) in [5, 5.41) is 8.48. The lowest BCUT2D eigenvalue weighted by Crippen LogP contribution is -3.00. The Balaban J connectivity index is 0.000001000. The molecule has 0 aliphatic rings. The molecule has 0 aliphatic heterocycles. The van der Waals surface area contributed by atoms with Gasteiger partial charge in [0.15, 0.2) is 6.04 Å². The van der Waals surface area contributed by atoms with Gasteiger partial charge in [0.1, 0.15) is 6.07 Å². The summed E-state index contributed by atoms with van der Waals surface area (Å²) in [4.78, 5) is 0. The van der Waals surface area contributed by atoms with Crippen LogP contribution in [0.2, 0.25) is 0 Å². The summed E-state index contributed by atoms with van der Waals surface area (Å²) < 4.78 is 0. The normalized spacial score (nSPS) is 10.9. The Morgan fingerprint density at radius 3 is 2.27 bits per heavy atom. The standard InChI is InChI=1S/C8H8N2.ClH/c9-6-8(10)7-4-2-1-3-5-7;/h1-5,8H,10H2;1H. The van der Waals surface area contributed by atoms with Crippen LogP contribution in [0.3, 0.4) is 0 Å². The van der Waals surface area contributed by atoms with Crippen LogP contribution in [-0.2, 0) is 0 Å². The lowest BCUT2D eigenvalue weighted by Gasteiger charge is -1.96. The highest BCUT2D eigenvalue weighted by Crippen LogP contribution is 2.04. The molecule has 1 aromatic rings. The molecule has 3 N–H and O–H groups in total. The summed E-state index contributed by atoms with van der Waals surface area (Å²) in [5.74, 6) is 0. The first-order valence-corrected chi connectivity index (χ1v) is 3.12. The fraction of sp³-hybridized carbons (Fsp3) is 0.125. The highest BCUT2D eigenvalue weighted by Gasteiger charge is 2.04. The second-order valence-electron chi connectivity index (χ2n) is 2.09. The van der Waals surface area contributed by atoms with Crippen LogP contribution in [0.15, 0.2) is 30.3 Å². The number of nitriles is 1. The SMILES string of the molecule is N#CC([NH3+])c1ccccc1.[Cl-]. The van der Waals surface area contributed by atoms with Crippen molar-refractivity contribution in [3.8, 4) is 6.07 Å². The third-order valence-corrected chi connectivity index (χ3v) is 1.36. The molecule has 0 heterocycles. The zero-order valence-electron chi connectivity index (χ0n) is 6.00. The van der Waals surface area contributed by atoms with Gasteiger partial charge in [-0.05, 0) is 0 Å². The van der Waals surface area contributed by atoms with Crippen LogP contribution in [0.25, 0.3) is 0 Å². The summed E-state index contributed by atoms with van der Waals surface area (Å²) in [6.45, 7) is 0. The van der Waals surface area contributed by atoms with Crippen molar-refractivity contribution in [2.75, 3.05) is 0 Å². The van der Waals surface area contributed by atoms with Crippen molar-refractivity contribution in [3.63, 3.8) is 0 Å². The fourth-order valence-corrected chi connectivity index (χ4v) is 0.760. The lowest BCUT2D eigenvalue weighted by molar-refractivity contribution is -0.406. The predicted octanol–water partition coefficient (Wildman–Crippen LogP) is -2.50.